The van der Waals surface area contributed by atoms with Crippen molar-refractivity contribution in [2.75, 3.05) is 17.7 Å². The predicted molar refractivity (Wildman–Crippen MR) is 128 cm³/mol. The van der Waals surface area contributed by atoms with Crippen molar-refractivity contribution in [2.24, 2.45) is 5.10 Å². The Bertz CT molecular complexity index is 1120. The van der Waals surface area contributed by atoms with Gasteiger partial charge in [-0.1, -0.05) is 49.4 Å². The molecule has 0 atom stereocenters. The van der Waals surface area contributed by atoms with E-state index in [2.05, 4.69) is 21.2 Å². The number of anilines is 3. The molecule has 0 saturated heterocycles. The minimum Gasteiger partial charge on any atom is -0.495 e. The summed E-state index contributed by atoms with van der Waals surface area (Å²) in [6, 6.07) is 20.6. The number of nitrogens with one attached hydrogen (secondary N) is 3. The molecule has 3 aromatic carbocycles. The number of amides is 2. The van der Waals surface area contributed by atoms with Crippen LogP contribution in [0.15, 0.2) is 71.8 Å². The Balaban J connectivity index is 1.69. The lowest BCUT2D eigenvalue weighted by Crippen LogP contribution is -2.32. The van der Waals surface area contributed by atoms with Gasteiger partial charge in [0.25, 0.3) is 0 Å². The van der Waals surface area contributed by atoms with Gasteiger partial charge in [0.15, 0.2) is 0 Å². The van der Waals surface area contributed by atoms with Crippen LogP contribution >= 0.6 is 0 Å². The van der Waals surface area contributed by atoms with Gasteiger partial charge in [-0.15, -0.1) is 0 Å². The van der Waals surface area contributed by atoms with E-state index in [0.29, 0.717) is 22.7 Å². The molecule has 0 unspecified atom stereocenters. The number of hydrogen-bond acceptors (Lipinski definition) is 5. The second-order valence-electron chi connectivity index (χ2n) is 7.07. The molecule has 0 heterocycles. The van der Waals surface area contributed by atoms with Crippen LogP contribution in [0.25, 0.3) is 0 Å². The van der Waals surface area contributed by atoms with Crippen molar-refractivity contribution >= 4 is 35.1 Å². The minimum atomic E-state index is -0.864. The molecule has 0 fully saturated rings. The number of aryl methyl sites for hydroxylation is 2. The predicted octanol–water partition coefficient (Wildman–Crippen LogP) is 4.40. The zero-order valence-corrected chi connectivity index (χ0v) is 18.3. The Labute approximate surface area is 187 Å². The standard InChI is InChI=1S/C25H26N4O3/c1-4-18-12-14-20(15-13-18)27-24(30)25(31)29-26-16-19-9-7-11-22(32-3)23(19)28-21-10-6-5-8-17(21)2/h5-16,28H,4H2,1-3H3,(H,27,30)(H,29,31)/b26-16-. The molecule has 0 aliphatic heterocycles. The first-order valence-electron chi connectivity index (χ1n) is 10.2. The largest absolute Gasteiger partial charge is 0.495 e. The molecule has 3 N–H and O–H groups in total. The van der Waals surface area contributed by atoms with E-state index in [1.54, 1.807) is 19.2 Å². The van der Waals surface area contributed by atoms with Crippen LogP contribution in [0.5, 0.6) is 5.75 Å². The summed E-state index contributed by atoms with van der Waals surface area (Å²) in [5, 5.41) is 9.86. The maximum absolute atomic E-state index is 12.1. The number of rotatable bonds is 7. The van der Waals surface area contributed by atoms with Crippen LogP contribution in [0.3, 0.4) is 0 Å². The van der Waals surface area contributed by atoms with E-state index in [0.717, 1.165) is 23.2 Å². The molecule has 0 spiro atoms. The highest BCUT2D eigenvalue weighted by Crippen LogP contribution is 2.31. The SMILES string of the molecule is CCc1ccc(NC(=O)C(=O)N/N=C\c2cccc(OC)c2Nc2ccccc2C)cc1. The number of carbonyl (C=O) groups is 2. The fourth-order valence-electron chi connectivity index (χ4n) is 3.03. The third-order valence-corrected chi connectivity index (χ3v) is 4.88. The molecular formula is C25H26N4O3. The molecule has 0 saturated carbocycles. The molecule has 164 valence electrons. The van der Waals surface area contributed by atoms with Crippen molar-refractivity contribution in [3.63, 3.8) is 0 Å². The third kappa shape index (κ3) is 5.72. The molecule has 0 aliphatic rings. The molecule has 0 radical (unpaired) electrons. The highest BCUT2D eigenvalue weighted by atomic mass is 16.5. The molecule has 0 bridgehead atoms. The number of ether oxygens (including phenoxy) is 1. The van der Waals surface area contributed by atoms with Gasteiger partial charge < -0.3 is 15.4 Å². The smallest absolute Gasteiger partial charge is 0.329 e. The summed E-state index contributed by atoms with van der Waals surface area (Å²) in [7, 11) is 1.58. The number of para-hydroxylation sites is 2. The lowest BCUT2D eigenvalue weighted by atomic mass is 10.1. The topological polar surface area (TPSA) is 91.8 Å². The summed E-state index contributed by atoms with van der Waals surface area (Å²) in [5.74, 6) is -1.04. The van der Waals surface area contributed by atoms with Gasteiger partial charge in [-0.2, -0.15) is 5.10 Å². The van der Waals surface area contributed by atoms with E-state index in [4.69, 9.17) is 4.74 Å². The summed E-state index contributed by atoms with van der Waals surface area (Å²) in [4.78, 5) is 24.3. The molecule has 0 aromatic heterocycles. The summed E-state index contributed by atoms with van der Waals surface area (Å²) in [6.07, 6.45) is 2.36. The number of carbonyl (C=O) groups excluding carboxylic acids is 2. The summed E-state index contributed by atoms with van der Waals surface area (Å²) >= 11 is 0. The number of hydrogen-bond donors (Lipinski definition) is 3. The number of hydrazone groups is 1. The fraction of sp³-hybridized carbons (Fsp3) is 0.160. The lowest BCUT2D eigenvalue weighted by Gasteiger charge is -2.15. The van der Waals surface area contributed by atoms with Gasteiger partial charge in [-0.3, -0.25) is 9.59 Å². The lowest BCUT2D eigenvalue weighted by molar-refractivity contribution is -0.136. The normalized spacial score (nSPS) is 10.6. The zero-order chi connectivity index (χ0) is 22.9. The van der Waals surface area contributed by atoms with Crippen LogP contribution in [0.2, 0.25) is 0 Å². The second-order valence-corrected chi connectivity index (χ2v) is 7.07. The molecule has 32 heavy (non-hydrogen) atoms. The first-order valence-corrected chi connectivity index (χ1v) is 10.2. The number of methoxy groups -OCH3 is 1. The van der Waals surface area contributed by atoms with E-state index >= 15 is 0 Å². The van der Waals surface area contributed by atoms with Crippen molar-refractivity contribution < 1.29 is 14.3 Å². The van der Waals surface area contributed by atoms with E-state index < -0.39 is 11.8 Å². The second kappa shape index (κ2) is 10.8. The zero-order valence-electron chi connectivity index (χ0n) is 18.3. The van der Waals surface area contributed by atoms with Gasteiger partial charge in [-0.05, 0) is 48.7 Å². The van der Waals surface area contributed by atoms with Gasteiger partial charge in [0.05, 0.1) is 19.0 Å². The Kier molecular flexibility index (Phi) is 7.59. The van der Waals surface area contributed by atoms with Crippen LogP contribution in [0, 0.1) is 6.92 Å². The number of benzene rings is 3. The van der Waals surface area contributed by atoms with Crippen LogP contribution < -0.4 is 20.8 Å². The van der Waals surface area contributed by atoms with Gasteiger partial charge in [0, 0.05) is 16.9 Å². The molecule has 2 amide bonds. The molecule has 7 nitrogen and oxygen atoms in total. The van der Waals surface area contributed by atoms with Crippen molar-refractivity contribution in [1.29, 1.82) is 0 Å². The van der Waals surface area contributed by atoms with E-state index in [1.165, 1.54) is 6.21 Å². The quantitative estimate of drug-likeness (QED) is 0.294. The Morgan fingerprint density at radius 3 is 2.41 bits per heavy atom. The summed E-state index contributed by atoms with van der Waals surface area (Å²) in [6.45, 7) is 4.05. The molecule has 0 aliphatic carbocycles. The minimum absolute atomic E-state index is 0.545. The average molecular weight is 431 g/mol. The third-order valence-electron chi connectivity index (χ3n) is 4.88. The van der Waals surface area contributed by atoms with Crippen molar-refractivity contribution in [2.45, 2.75) is 20.3 Å². The number of nitrogens with zero attached hydrogens (tertiary/aromatic N) is 1. The Morgan fingerprint density at radius 2 is 1.72 bits per heavy atom. The molecular weight excluding hydrogens is 404 g/mol. The van der Waals surface area contributed by atoms with Crippen LogP contribution in [-0.4, -0.2) is 25.1 Å². The van der Waals surface area contributed by atoms with Gasteiger partial charge in [0.2, 0.25) is 0 Å². The Hall–Kier alpha value is -4.13. The summed E-state index contributed by atoms with van der Waals surface area (Å²) in [5.41, 5.74) is 7.32. The first kappa shape index (κ1) is 22.6. The maximum Gasteiger partial charge on any atom is 0.329 e. The van der Waals surface area contributed by atoms with E-state index in [9.17, 15) is 9.59 Å². The monoisotopic (exact) mass is 430 g/mol. The maximum atomic E-state index is 12.1. The van der Waals surface area contributed by atoms with Gasteiger partial charge >= 0.3 is 11.8 Å². The van der Waals surface area contributed by atoms with Gasteiger partial charge in [0.1, 0.15) is 5.75 Å². The van der Waals surface area contributed by atoms with Crippen molar-refractivity contribution in [3.8, 4) is 5.75 Å². The first-order chi connectivity index (χ1) is 15.5. The van der Waals surface area contributed by atoms with Crippen molar-refractivity contribution in [3.05, 3.63) is 83.4 Å². The summed E-state index contributed by atoms with van der Waals surface area (Å²) < 4.78 is 5.47. The van der Waals surface area contributed by atoms with Crippen molar-refractivity contribution in [1.82, 2.24) is 5.43 Å². The van der Waals surface area contributed by atoms with E-state index in [1.807, 2.05) is 68.4 Å². The van der Waals surface area contributed by atoms with E-state index in [-0.39, 0.29) is 0 Å². The highest BCUT2D eigenvalue weighted by Gasteiger charge is 2.13. The van der Waals surface area contributed by atoms with Crippen LogP contribution in [0.1, 0.15) is 23.6 Å². The molecule has 3 rings (SSSR count). The molecule has 3 aromatic rings. The van der Waals surface area contributed by atoms with Crippen LogP contribution in [-0.2, 0) is 16.0 Å². The highest BCUT2D eigenvalue weighted by molar-refractivity contribution is 6.39. The Morgan fingerprint density at radius 1 is 0.969 bits per heavy atom. The molecule has 7 heteroatoms. The van der Waals surface area contributed by atoms with Crippen LogP contribution in [0.4, 0.5) is 17.1 Å². The van der Waals surface area contributed by atoms with Gasteiger partial charge in [-0.25, -0.2) is 5.43 Å². The average Bonchev–Trinajstić information content (AvgIpc) is 2.81. The fourth-order valence-corrected chi connectivity index (χ4v) is 3.03.